The molecular formula is C20H26N4OS. The topological polar surface area (TPSA) is 59.8 Å². The van der Waals surface area contributed by atoms with Crippen molar-refractivity contribution in [2.75, 3.05) is 0 Å². The maximum absolute atomic E-state index is 12.6. The number of thioether (sulfide) groups is 1. The minimum atomic E-state index is -0.185. The van der Waals surface area contributed by atoms with Gasteiger partial charge < -0.3 is 5.32 Å². The van der Waals surface area contributed by atoms with Crippen LogP contribution in [0, 0.1) is 0 Å². The molecule has 2 fully saturated rings. The summed E-state index contributed by atoms with van der Waals surface area (Å²) in [6, 6.07) is 10.6. The molecule has 0 saturated heterocycles. The van der Waals surface area contributed by atoms with Gasteiger partial charge in [0.05, 0.1) is 5.25 Å². The molecule has 5 nitrogen and oxygen atoms in total. The van der Waals surface area contributed by atoms with Crippen molar-refractivity contribution in [3.8, 4) is 5.69 Å². The lowest BCUT2D eigenvalue weighted by Gasteiger charge is -2.24. The Morgan fingerprint density at radius 2 is 1.85 bits per heavy atom. The van der Waals surface area contributed by atoms with E-state index >= 15 is 0 Å². The van der Waals surface area contributed by atoms with E-state index in [1.54, 1.807) is 0 Å². The summed E-state index contributed by atoms with van der Waals surface area (Å²) in [5, 5.41) is 12.7. The second kappa shape index (κ2) is 7.82. The van der Waals surface area contributed by atoms with Crippen molar-refractivity contribution in [3.63, 3.8) is 0 Å². The number of para-hydroxylation sites is 1. The first kappa shape index (κ1) is 17.6. The van der Waals surface area contributed by atoms with E-state index in [1.165, 1.54) is 43.9 Å². The van der Waals surface area contributed by atoms with Gasteiger partial charge in [0.1, 0.15) is 5.82 Å². The number of hydrogen-bond acceptors (Lipinski definition) is 4. The van der Waals surface area contributed by atoms with Crippen molar-refractivity contribution in [1.29, 1.82) is 0 Å². The van der Waals surface area contributed by atoms with E-state index in [-0.39, 0.29) is 11.2 Å². The molecular weight excluding hydrogens is 344 g/mol. The van der Waals surface area contributed by atoms with Crippen LogP contribution in [0.3, 0.4) is 0 Å². The third-order valence-electron chi connectivity index (χ3n) is 5.22. The highest BCUT2D eigenvalue weighted by molar-refractivity contribution is 8.00. The first-order valence-corrected chi connectivity index (χ1v) is 10.6. The Bertz CT molecular complexity index is 750. The van der Waals surface area contributed by atoms with E-state index in [1.807, 2.05) is 25.1 Å². The van der Waals surface area contributed by atoms with Gasteiger partial charge in [0.25, 0.3) is 0 Å². The van der Waals surface area contributed by atoms with Gasteiger partial charge in [-0.05, 0) is 44.7 Å². The van der Waals surface area contributed by atoms with Gasteiger partial charge in [-0.2, -0.15) is 0 Å². The minimum absolute atomic E-state index is 0.109. The molecule has 0 spiro atoms. The molecule has 1 aromatic carbocycles. The molecule has 4 rings (SSSR count). The van der Waals surface area contributed by atoms with Crippen LogP contribution < -0.4 is 5.32 Å². The van der Waals surface area contributed by atoms with E-state index in [2.05, 4.69) is 32.2 Å². The average Bonchev–Trinajstić information content (AvgIpc) is 3.44. The second-order valence-corrected chi connectivity index (χ2v) is 8.70. The van der Waals surface area contributed by atoms with Crippen LogP contribution >= 0.6 is 11.8 Å². The number of amides is 1. The Labute approximate surface area is 159 Å². The molecule has 6 heteroatoms. The fraction of sp³-hybridized carbons (Fsp3) is 0.550. The number of carbonyl (C=O) groups is 1. The normalized spacial score (nSPS) is 19.3. The summed E-state index contributed by atoms with van der Waals surface area (Å²) < 4.78 is 2.13. The Kier molecular flexibility index (Phi) is 5.29. The van der Waals surface area contributed by atoms with Crippen molar-refractivity contribution in [3.05, 3.63) is 36.2 Å². The van der Waals surface area contributed by atoms with E-state index in [9.17, 15) is 4.79 Å². The maximum Gasteiger partial charge on any atom is 0.233 e. The van der Waals surface area contributed by atoms with Crippen molar-refractivity contribution in [1.82, 2.24) is 20.1 Å². The van der Waals surface area contributed by atoms with Gasteiger partial charge in [-0.25, -0.2) is 0 Å². The maximum atomic E-state index is 12.6. The van der Waals surface area contributed by atoms with Gasteiger partial charge in [-0.3, -0.25) is 9.36 Å². The fourth-order valence-corrected chi connectivity index (χ4v) is 4.44. The zero-order valence-corrected chi connectivity index (χ0v) is 16.0. The standard InChI is InChI=1S/C20H26N4OS/c1-14(19(25)21-16-8-4-2-5-9-16)26-20-23-22-18(15-12-13-15)24(20)17-10-6-3-7-11-17/h3,6-7,10-11,14-16H,2,4-5,8-9,12-13H2,1H3,(H,21,25). The van der Waals surface area contributed by atoms with Gasteiger partial charge in [0.2, 0.25) is 5.91 Å². The summed E-state index contributed by atoms with van der Waals surface area (Å²) in [5.74, 6) is 1.64. The molecule has 138 valence electrons. The molecule has 2 aromatic rings. The zero-order valence-electron chi connectivity index (χ0n) is 15.2. The molecule has 1 amide bonds. The van der Waals surface area contributed by atoms with Crippen molar-refractivity contribution >= 4 is 17.7 Å². The molecule has 1 atom stereocenters. The van der Waals surface area contributed by atoms with Crippen molar-refractivity contribution in [2.45, 2.75) is 74.2 Å². The monoisotopic (exact) mass is 370 g/mol. The van der Waals surface area contributed by atoms with E-state index in [0.717, 1.165) is 29.5 Å². The highest BCUT2D eigenvalue weighted by atomic mass is 32.2. The minimum Gasteiger partial charge on any atom is -0.352 e. The quantitative estimate of drug-likeness (QED) is 0.779. The third-order valence-corrected chi connectivity index (χ3v) is 6.26. The van der Waals surface area contributed by atoms with Crippen LogP contribution in [-0.4, -0.2) is 32.0 Å². The zero-order chi connectivity index (χ0) is 17.9. The summed E-state index contributed by atoms with van der Waals surface area (Å²) in [6.45, 7) is 1.96. The van der Waals surface area contributed by atoms with Crippen LogP contribution in [0.4, 0.5) is 0 Å². The highest BCUT2D eigenvalue weighted by Crippen LogP contribution is 2.41. The number of aromatic nitrogens is 3. The van der Waals surface area contributed by atoms with Gasteiger partial charge >= 0.3 is 0 Å². The van der Waals surface area contributed by atoms with Gasteiger partial charge in [0, 0.05) is 17.6 Å². The summed E-state index contributed by atoms with van der Waals surface area (Å²) in [7, 11) is 0. The number of carbonyl (C=O) groups excluding carboxylic acids is 1. The first-order valence-electron chi connectivity index (χ1n) is 9.70. The Balaban J connectivity index is 1.49. The van der Waals surface area contributed by atoms with Crippen LogP contribution in [0.2, 0.25) is 0 Å². The third kappa shape index (κ3) is 3.95. The predicted octanol–water partition coefficient (Wildman–Crippen LogP) is 4.07. The smallest absolute Gasteiger partial charge is 0.233 e. The highest BCUT2D eigenvalue weighted by Gasteiger charge is 2.32. The van der Waals surface area contributed by atoms with E-state index in [0.29, 0.717) is 12.0 Å². The summed E-state index contributed by atoms with van der Waals surface area (Å²) >= 11 is 1.51. The number of hydrogen-bond donors (Lipinski definition) is 1. The first-order chi connectivity index (χ1) is 12.7. The summed E-state index contributed by atoms with van der Waals surface area (Å²) in [5.41, 5.74) is 1.07. The molecule has 2 aliphatic carbocycles. The lowest BCUT2D eigenvalue weighted by molar-refractivity contribution is -0.121. The molecule has 0 radical (unpaired) electrons. The molecule has 0 bridgehead atoms. The molecule has 1 aromatic heterocycles. The summed E-state index contributed by atoms with van der Waals surface area (Å²) in [6.07, 6.45) is 8.30. The number of nitrogens with one attached hydrogen (secondary N) is 1. The lowest BCUT2D eigenvalue weighted by atomic mass is 9.95. The largest absolute Gasteiger partial charge is 0.352 e. The molecule has 2 aliphatic rings. The fourth-order valence-electron chi connectivity index (χ4n) is 3.56. The SMILES string of the molecule is CC(Sc1nnc(C2CC2)n1-c1ccccc1)C(=O)NC1CCCCC1. The summed E-state index contributed by atoms with van der Waals surface area (Å²) in [4.78, 5) is 12.6. The van der Waals surface area contributed by atoms with Gasteiger partial charge in [-0.15, -0.1) is 10.2 Å². The predicted molar refractivity (Wildman–Crippen MR) is 104 cm³/mol. The molecule has 2 saturated carbocycles. The second-order valence-electron chi connectivity index (χ2n) is 7.39. The molecule has 1 unspecified atom stereocenters. The number of rotatable bonds is 6. The number of benzene rings is 1. The van der Waals surface area contributed by atoms with E-state index < -0.39 is 0 Å². The Hall–Kier alpha value is -1.82. The van der Waals surface area contributed by atoms with Gasteiger partial charge in [0.15, 0.2) is 5.16 Å². The van der Waals surface area contributed by atoms with Crippen LogP contribution in [0.1, 0.15) is 63.6 Å². The average molecular weight is 371 g/mol. The molecule has 1 heterocycles. The molecule has 1 N–H and O–H groups in total. The van der Waals surface area contributed by atoms with E-state index in [4.69, 9.17) is 0 Å². The van der Waals surface area contributed by atoms with Crippen molar-refractivity contribution in [2.24, 2.45) is 0 Å². The van der Waals surface area contributed by atoms with Gasteiger partial charge in [-0.1, -0.05) is 49.2 Å². The number of nitrogens with zero attached hydrogens (tertiary/aromatic N) is 3. The Morgan fingerprint density at radius 3 is 2.54 bits per heavy atom. The van der Waals surface area contributed by atoms with Crippen molar-refractivity contribution < 1.29 is 4.79 Å². The molecule has 26 heavy (non-hydrogen) atoms. The van der Waals surface area contributed by atoms with Crippen LogP contribution in [0.15, 0.2) is 35.5 Å². The molecule has 0 aliphatic heterocycles. The Morgan fingerprint density at radius 1 is 1.12 bits per heavy atom. The van der Waals surface area contributed by atoms with Crippen LogP contribution in [0.5, 0.6) is 0 Å². The lowest BCUT2D eigenvalue weighted by Crippen LogP contribution is -2.40. The van der Waals surface area contributed by atoms with Crippen LogP contribution in [-0.2, 0) is 4.79 Å². The van der Waals surface area contributed by atoms with Crippen LogP contribution in [0.25, 0.3) is 5.69 Å².